The second-order valence-electron chi connectivity index (χ2n) is 10.8. The van der Waals surface area contributed by atoms with E-state index in [4.69, 9.17) is 0 Å². The highest BCUT2D eigenvalue weighted by molar-refractivity contribution is 7.12. The first-order valence-electron chi connectivity index (χ1n) is 11.3. The zero-order valence-electron chi connectivity index (χ0n) is 20.1. The van der Waals surface area contributed by atoms with Crippen LogP contribution in [0, 0.1) is 11.2 Å². The summed E-state index contributed by atoms with van der Waals surface area (Å²) < 4.78 is 13.7. The Morgan fingerprint density at radius 1 is 1.18 bits per heavy atom. The fourth-order valence-corrected chi connectivity index (χ4v) is 5.88. The van der Waals surface area contributed by atoms with Gasteiger partial charge in [0.05, 0.1) is 5.92 Å². The van der Waals surface area contributed by atoms with Crippen molar-refractivity contribution < 1.29 is 14.0 Å². The van der Waals surface area contributed by atoms with Crippen molar-refractivity contribution in [1.82, 2.24) is 5.32 Å². The quantitative estimate of drug-likeness (QED) is 0.548. The lowest BCUT2D eigenvalue weighted by Crippen LogP contribution is -2.39. The molecule has 4 rings (SSSR count). The highest BCUT2D eigenvalue weighted by Crippen LogP contribution is 2.48. The van der Waals surface area contributed by atoms with Gasteiger partial charge in [-0.05, 0) is 54.5 Å². The van der Waals surface area contributed by atoms with Gasteiger partial charge in [-0.1, -0.05) is 40.7 Å². The second-order valence-corrected chi connectivity index (χ2v) is 12.0. The van der Waals surface area contributed by atoms with E-state index in [1.165, 1.54) is 17.0 Å². The number of hydrogen-bond acceptors (Lipinski definition) is 4. The van der Waals surface area contributed by atoms with E-state index < -0.39 is 11.7 Å². The molecule has 0 bridgehead atoms. The largest absolute Gasteiger partial charge is 0.362 e. The summed E-state index contributed by atoms with van der Waals surface area (Å²) in [5.41, 5.74) is 3.04. The van der Waals surface area contributed by atoms with Crippen LogP contribution in [0.25, 0.3) is 0 Å². The molecule has 1 unspecified atom stereocenters. The molecule has 174 valence electrons. The maximum atomic E-state index is 13.7. The standard InChI is InChI=1S/C27H31FN2O2S/c1-15-22(25(32)30-17-9-7-8-16(28)12-17)24(20-10-11-21(33-20)26(2,3)4)23-18(29-15)13-27(5,6)14-19(23)31/h7-12,24,29H,13-14H2,1-6H3,(H,30,32). The van der Waals surface area contributed by atoms with Crippen LogP contribution in [0.4, 0.5) is 10.1 Å². The lowest BCUT2D eigenvalue weighted by Gasteiger charge is -2.39. The van der Waals surface area contributed by atoms with Crippen LogP contribution in [0.3, 0.4) is 0 Å². The van der Waals surface area contributed by atoms with E-state index in [0.29, 0.717) is 23.3 Å². The molecular formula is C27H31FN2O2S. The van der Waals surface area contributed by atoms with Crippen molar-refractivity contribution in [3.05, 3.63) is 74.5 Å². The van der Waals surface area contributed by atoms with Gasteiger partial charge >= 0.3 is 0 Å². The Morgan fingerprint density at radius 2 is 1.91 bits per heavy atom. The molecule has 2 N–H and O–H groups in total. The number of carbonyl (C=O) groups excluding carboxylic acids is 2. The molecule has 1 aromatic heterocycles. The summed E-state index contributed by atoms with van der Waals surface area (Å²) in [6, 6.07) is 9.98. The van der Waals surface area contributed by atoms with Crippen molar-refractivity contribution in [2.24, 2.45) is 5.41 Å². The van der Waals surface area contributed by atoms with E-state index in [-0.39, 0.29) is 22.5 Å². The van der Waals surface area contributed by atoms with Gasteiger partial charge in [0.15, 0.2) is 5.78 Å². The highest BCUT2D eigenvalue weighted by atomic mass is 32.1. The predicted octanol–water partition coefficient (Wildman–Crippen LogP) is 6.43. The molecule has 0 saturated heterocycles. The molecule has 0 radical (unpaired) electrons. The van der Waals surface area contributed by atoms with Crippen LogP contribution in [-0.2, 0) is 15.0 Å². The van der Waals surface area contributed by atoms with Gasteiger partial charge in [-0.3, -0.25) is 9.59 Å². The Balaban J connectivity index is 1.81. The fraction of sp³-hybridized carbons (Fsp3) is 0.407. The van der Waals surface area contributed by atoms with Crippen molar-refractivity contribution >= 4 is 28.7 Å². The first-order chi connectivity index (χ1) is 15.4. The summed E-state index contributed by atoms with van der Waals surface area (Å²) in [5.74, 6) is -1.11. The Bertz CT molecular complexity index is 1200. The third-order valence-electron chi connectivity index (χ3n) is 6.22. The lowest BCUT2D eigenvalue weighted by molar-refractivity contribution is -0.118. The minimum atomic E-state index is -0.445. The number of hydrogen-bond donors (Lipinski definition) is 2. The van der Waals surface area contributed by atoms with Crippen molar-refractivity contribution in [3.8, 4) is 0 Å². The second kappa shape index (κ2) is 8.24. The molecule has 1 aliphatic carbocycles. The summed E-state index contributed by atoms with van der Waals surface area (Å²) >= 11 is 1.65. The van der Waals surface area contributed by atoms with Crippen LogP contribution >= 0.6 is 11.3 Å². The number of dihydropyridines is 1. The molecule has 0 fully saturated rings. The number of allylic oxidation sites excluding steroid dienone is 3. The van der Waals surface area contributed by atoms with E-state index in [0.717, 1.165) is 22.7 Å². The van der Waals surface area contributed by atoms with Crippen molar-refractivity contribution in [3.63, 3.8) is 0 Å². The molecule has 0 saturated carbocycles. The summed E-state index contributed by atoms with van der Waals surface area (Å²) in [6.07, 6.45) is 1.19. The average molecular weight is 467 g/mol. The predicted molar refractivity (Wildman–Crippen MR) is 132 cm³/mol. The summed E-state index contributed by atoms with van der Waals surface area (Å²) in [7, 11) is 0. The monoisotopic (exact) mass is 466 g/mol. The van der Waals surface area contributed by atoms with Crippen LogP contribution in [-0.4, -0.2) is 11.7 Å². The van der Waals surface area contributed by atoms with E-state index in [2.05, 4.69) is 51.3 Å². The van der Waals surface area contributed by atoms with Crippen LogP contribution in [0.15, 0.2) is 58.9 Å². The van der Waals surface area contributed by atoms with Crippen LogP contribution in [0.2, 0.25) is 0 Å². The summed E-state index contributed by atoms with van der Waals surface area (Å²) in [6.45, 7) is 12.5. The van der Waals surface area contributed by atoms with Crippen molar-refractivity contribution in [2.45, 2.75) is 65.7 Å². The number of Topliss-reactive ketones (excluding diaryl/α,β-unsaturated/α-hetero) is 1. The number of rotatable bonds is 3. The van der Waals surface area contributed by atoms with Gasteiger partial charge in [-0.25, -0.2) is 4.39 Å². The number of carbonyl (C=O) groups is 2. The van der Waals surface area contributed by atoms with Crippen molar-refractivity contribution in [2.75, 3.05) is 5.32 Å². The first kappa shape index (κ1) is 23.4. The zero-order chi connectivity index (χ0) is 24.1. The van der Waals surface area contributed by atoms with Gasteiger partial charge in [-0.15, -0.1) is 11.3 Å². The number of nitrogens with one attached hydrogen (secondary N) is 2. The van der Waals surface area contributed by atoms with E-state index in [1.54, 1.807) is 23.5 Å². The van der Waals surface area contributed by atoms with Crippen molar-refractivity contribution in [1.29, 1.82) is 0 Å². The minimum Gasteiger partial charge on any atom is -0.362 e. The molecule has 33 heavy (non-hydrogen) atoms. The number of halogens is 1. The first-order valence-corrected chi connectivity index (χ1v) is 12.1. The zero-order valence-corrected chi connectivity index (χ0v) is 20.9. The summed E-state index contributed by atoms with van der Waals surface area (Å²) in [5, 5.41) is 6.22. The normalized spacial score (nSPS) is 20.5. The highest BCUT2D eigenvalue weighted by Gasteiger charge is 2.43. The van der Waals surface area contributed by atoms with E-state index in [1.807, 2.05) is 13.0 Å². The molecule has 2 aromatic rings. The van der Waals surface area contributed by atoms with Gasteiger partial charge < -0.3 is 10.6 Å². The molecule has 0 spiro atoms. The SMILES string of the molecule is CC1=C(C(=O)Nc2cccc(F)c2)C(c2ccc(C(C)(C)C)s2)C2=C(CC(C)(C)CC2=O)N1. The Kier molecular flexibility index (Phi) is 5.85. The topological polar surface area (TPSA) is 58.2 Å². The number of ketones is 1. The fourth-order valence-electron chi connectivity index (χ4n) is 4.70. The van der Waals surface area contributed by atoms with Gasteiger partial charge in [0.25, 0.3) is 5.91 Å². The maximum Gasteiger partial charge on any atom is 0.254 e. The number of benzene rings is 1. The molecule has 2 aliphatic rings. The van der Waals surface area contributed by atoms with Crippen LogP contribution < -0.4 is 10.6 Å². The van der Waals surface area contributed by atoms with Gasteiger partial charge in [0, 0.05) is 44.4 Å². The molecule has 1 aromatic carbocycles. The molecular weight excluding hydrogens is 435 g/mol. The number of anilines is 1. The summed E-state index contributed by atoms with van der Waals surface area (Å²) in [4.78, 5) is 29.1. The molecule has 6 heteroatoms. The smallest absolute Gasteiger partial charge is 0.254 e. The average Bonchev–Trinajstić information content (AvgIpc) is 3.16. The molecule has 1 atom stereocenters. The number of amides is 1. The molecule has 4 nitrogen and oxygen atoms in total. The maximum absolute atomic E-state index is 13.7. The van der Waals surface area contributed by atoms with Crippen LogP contribution in [0.1, 0.15) is 70.1 Å². The number of thiophene rings is 1. The molecule has 1 aliphatic heterocycles. The molecule has 2 heterocycles. The minimum absolute atomic E-state index is 0.0334. The van der Waals surface area contributed by atoms with Gasteiger partial charge in [0.2, 0.25) is 0 Å². The van der Waals surface area contributed by atoms with E-state index in [9.17, 15) is 14.0 Å². The Morgan fingerprint density at radius 3 is 2.55 bits per heavy atom. The third kappa shape index (κ3) is 4.67. The Hall–Kier alpha value is -2.73. The van der Waals surface area contributed by atoms with E-state index >= 15 is 0 Å². The third-order valence-corrected chi connectivity index (χ3v) is 7.79. The van der Waals surface area contributed by atoms with Gasteiger partial charge in [0.1, 0.15) is 5.82 Å². The molecule has 1 amide bonds. The Labute approximate surface area is 199 Å². The lowest BCUT2D eigenvalue weighted by atomic mass is 9.69. The van der Waals surface area contributed by atoms with Gasteiger partial charge in [-0.2, -0.15) is 0 Å². The van der Waals surface area contributed by atoms with Crippen LogP contribution in [0.5, 0.6) is 0 Å².